The predicted molar refractivity (Wildman–Crippen MR) is 76.0 cm³/mol. The number of likely N-dealkylation sites (tertiary alicyclic amines) is 1. The van der Waals surface area contributed by atoms with Crippen LogP contribution in [0.25, 0.3) is 0 Å². The van der Waals surface area contributed by atoms with Crippen LogP contribution in [0.5, 0.6) is 0 Å². The summed E-state index contributed by atoms with van der Waals surface area (Å²) in [7, 11) is 1.55. The normalized spacial score (nSPS) is 18.0. The summed E-state index contributed by atoms with van der Waals surface area (Å²) in [6.45, 7) is 0.766. The average Bonchev–Trinajstić information content (AvgIpc) is 2.75. The van der Waals surface area contributed by atoms with Gasteiger partial charge in [0.25, 0.3) is 0 Å². The molecule has 118 valence electrons. The highest BCUT2D eigenvalue weighted by molar-refractivity contribution is 8.00. The lowest BCUT2D eigenvalue weighted by molar-refractivity contribution is -0.255. The fourth-order valence-electron chi connectivity index (χ4n) is 2.12. The third-order valence-corrected chi connectivity index (χ3v) is 4.38. The number of rotatable bonds is 7. The zero-order chi connectivity index (χ0) is 16.1. The number of carboxylic acid groups (broad SMARTS) is 1. The molecule has 0 saturated carbocycles. The van der Waals surface area contributed by atoms with Crippen molar-refractivity contribution >= 4 is 29.5 Å². The van der Waals surface area contributed by atoms with Crippen LogP contribution in [0, 0.1) is 0 Å². The van der Waals surface area contributed by atoms with Gasteiger partial charge in [-0.05, 0) is 18.6 Å². The number of hydrogen-bond donors (Lipinski definition) is 0. The van der Waals surface area contributed by atoms with Crippen molar-refractivity contribution in [2.45, 2.75) is 23.1 Å². The minimum atomic E-state index is -1.36. The topological polar surface area (TPSA) is 99.6 Å². The Morgan fingerprint density at radius 3 is 3.00 bits per heavy atom. The van der Waals surface area contributed by atoms with Crippen molar-refractivity contribution in [3.63, 3.8) is 0 Å². The first-order valence-corrected chi connectivity index (χ1v) is 7.58. The Balaban J connectivity index is 2.07. The molecule has 0 N–H and O–H groups in total. The van der Waals surface area contributed by atoms with Crippen LogP contribution in [0.1, 0.15) is 23.2 Å². The van der Waals surface area contributed by atoms with Crippen molar-refractivity contribution < 1.29 is 24.2 Å². The van der Waals surface area contributed by atoms with E-state index in [1.165, 1.54) is 23.2 Å². The Morgan fingerprint density at radius 2 is 2.32 bits per heavy atom. The molecule has 1 aromatic heterocycles. The van der Waals surface area contributed by atoms with Crippen molar-refractivity contribution in [3.05, 3.63) is 23.9 Å². The van der Waals surface area contributed by atoms with Crippen molar-refractivity contribution in [1.82, 2.24) is 9.88 Å². The molecular weight excluding hydrogens is 308 g/mol. The van der Waals surface area contributed by atoms with E-state index in [9.17, 15) is 19.5 Å². The fraction of sp³-hybridized carbons (Fsp3) is 0.429. The molecule has 2 amide bonds. The lowest BCUT2D eigenvalue weighted by Crippen LogP contribution is -2.32. The summed E-state index contributed by atoms with van der Waals surface area (Å²) in [6, 6.07) is 2.84. The summed E-state index contributed by atoms with van der Waals surface area (Å²) in [5, 5.41) is 10.6. The number of thioether (sulfide) groups is 1. The average molecular weight is 323 g/mol. The minimum absolute atomic E-state index is 0.0412. The van der Waals surface area contributed by atoms with E-state index in [-0.39, 0.29) is 28.8 Å². The van der Waals surface area contributed by atoms with Crippen molar-refractivity contribution in [3.8, 4) is 0 Å². The Bertz CT molecular complexity index is 592. The molecule has 1 fully saturated rings. The van der Waals surface area contributed by atoms with Crippen LogP contribution in [-0.4, -0.2) is 53.2 Å². The van der Waals surface area contributed by atoms with Gasteiger partial charge in [-0.2, -0.15) is 0 Å². The van der Waals surface area contributed by atoms with Gasteiger partial charge in [-0.1, -0.05) is 11.8 Å². The molecule has 1 aliphatic rings. The number of carbonyl (C=O) groups is 3. The molecule has 0 bridgehead atoms. The van der Waals surface area contributed by atoms with Crippen molar-refractivity contribution in [1.29, 1.82) is 0 Å². The summed E-state index contributed by atoms with van der Waals surface area (Å²) in [4.78, 5) is 40.3. The van der Waals surface area contributed by atoms with E-state index in [4.69, 9.17) is 4.74 Å². The number of nitrogens with zero attached hydrogens (tertiary/aromatic N) is 2. The third kappa shape index (κ3) is 3.63. The molecule has 1 aliphatic heterocycles. The molecule has 8 heteroatoms. The van der Waals surface area contributed by atoms with E-state index in [0.717, 1.165) is 11.8 Å². The lowest BCUT2D eigenvalue weighted by atomic mass is 10.3. The number of carboxylic acids is 1. The Hall–Kier alpha value is -1.93. The van der Waals surface area contributed by atoms with Crippen molar-refractivity contribution in [2.75, 3.05) is 20.3 Å². The first-order valence-electron chi connectivity index (χ1n) is 6.70. The SMILES string of the molecule is COCCCN1C(=O)C[C@@H](Sc2ncccc2C(=O)[O-])C1=O. The number of hydrogen-bond acceptors (Lipinski definition) is 7. The molecule has 1 saturated heterocycles. The minimum Gasteiger partial charge on any atom is -0.545 e. The Morgan fingerprint density at radius 1 is 1.55 bits per heavy atom. The summed E-state index contributed by atoms with van der Waals surface area (Å²) in [6.07, 6.45) is 2.05. The first-order chi connectivity index (χ1) is 10.5. The van der Waals surface area contributed by atoms with Gasteiger partial charge in [0, 0.05) is 38.4 Å². The summed E-state index contributed by atoms with van der Waals surface area (Å²) >= 11 is 0.986. The second-order valence-corrected chi connectivity index (χ2v) is 5.88. The van der Waals surface area contributed by atoms with Crippen LogP contribution in [0.15, 0.2) is 23.4 Å². The predicted octanol–water partition coefficient (Wildman–Crippen LogP) is -0.299. The second kappa shape index (κ2) is 7.37. The van der Waals surface area contributed by atoms with E-state index in [2.05, 4.69) is 4.98 Å². The summed E-state index contributed by atoms with van der Waals surface area (Å²) < 4.78 is 4.90. The lowest BCUT2D eigenvalue weighted by Gasteiger charge is -2.15. The number of methoxy groups -OCH3 is 1. The number of aromatic nitrogens is 1. The van der Waals surface area contributed by atoms with Crippen LogP contribution in [0.3, 0.4) is 0 Å². The number of pyridine rings is 1. The summed E-state index contributed by atoms with van der Waals surface area (Å²) in [5.74, 6) is -1.94. The van der Waals surface area contributed by atoms with Gasteiger partial charge >= 0.3 is 0 Å². The van der Waals surface area contributed by atoms with Gasteiger partial charge in [0.1, 0.15) is 5.03 Å². The molecular formula is C14H15N2O5S-. The zero-order valence-electron chi connectivity index (χ0n) is 12.0. The van der Waals surface area contributed by atoms with Gasteiger partial charge in [0.15, 0.2) is 0 Å². The molecule has 0 unspecified atom stereocenters. The van der Waals surface area contributed by atoms with Gasteiger partial charge in [-0.3, -0.25) is 14.5 Å². The first kappa shape index (κ1) is 16.4. The van der Waals surface area contributed by atoms with E-state index < -0.39 is 11.2 Å². The zero-order valence-corrected chi connectivity index (χ0v) is 12.8. The number of ether oxygens (including phenoxy) is 1. The van der Waals surface area contributed by atoms with Crippen LogP contribution >= 0.6 is 11.8 Å². The third-order valence-electron chi connectivity index (χ3n) is 3.18. The van der Waals surface area contributed by atoms with Gasteiger partial charge in [0.05, 0.1) is 11.2 Å². The highest BCUT2D eigenvalue weighted by atomic mass is 32.2. The second-order valence-electron chi connectivity index (χ2n) is 4.68. The molecule has 0 radical (unpaired) electrons. The smallest absolute Gasteiger partial charge is 0.243 e. The largest absolute Gasteiger partial charge is 0.545 e. The highest BCUT2D eigenvalue weighted by Gasteiger charge is 2.39. The molecule has 0 aliphatic carbocycles. The quantitative estimate of drug-likeness (QED) is 0.502. The van der Waals surface area contributed by atoms with E-state index in [0.29, 0.717) is 19.6 Å². The number of amides is 2. The highest BCUT2D eigenvalue weighted by Crippen LogP contribution is 2.32. The van der Waals surface area contributed by atoms with Gasteiger partial charge in [0.2, 0.25) is 11.8 Å². The maximum atomic E-state index is 12.2. The van der Waals surface area contributed by atoms with Crippen LogP contribution in [0.4, 0.5) is 0 Å². The molecule has 1 atom stereocenters. The van der Waals surface area contributed by atoms with E-state index >= 15 is 0 Å². The monoisotopic (exact) mass is 323 g/mol. The Labute approximate surface area is 131 Å². The van der Waals surface area contributed by atoms with Gasteiger partial charge in [-0.25, -0.2) is 4.98 Å². The molecule has 2 heterocycles. The number of aromatic carboxylic acids is 1. The molecule has 1 aromatic rings. The summed E-state index contributed by atoms with van der Waals surface area (Å²) in [5.41, 5.74) is -0.0782. The molecule has 7 nitrogen and oxygen atoms in total. The number of imide groups is 1. The van der Waals surface area contributed by atoms with Crippen LogP contribution < -0.4 is 5.11 Å². The fourth-order valence-corrected chi connectivity index (χ4v) is 3.25. The molecule has 0 spiro atoms. The van der Waals surface area contributed by atoms with Crippen LogP contribution in [0.2, 0.25) is 0 Å². The maximum absolute atomic E-state index is 12.2. The van der Waals surface area contributed by atoms with Gasteiger partial charge in [-0.15, -0.1) is 0 Å². The maximum Gasteiger partial charge on any atom is 0.243 e. The molecule has 2 rings (SSSR count). The molecule has 22 heavy (non-hydrogen) atoms. The van der Waals surface area contributed by atoms with E-state index in [1.807, 2.05) is 0 Å². The van der Waals surface area contributed by atoms with E-state index in [1.54, 1.807) is 7.11 Å². The Kier molecular flexibility index (Phi) is 5.51. The standard InChI is InChI=1S/C14H16N2O5S/c1-21-7-3-6-16-11(17)8-10(13(16)18)22-12-9(14(19)20)4-2-5-15-12/h2,4-5,10H,3,6-8H2,1H3,(H,19,20)/p-1/t10-/m1/s1. The van der Waals surface area contributed by atoms with Crippen LogP contribution in [-0.2, 0) is 14.3 Å². The van der Waals surface area contributed by atoms with Gasteiger partial charge < -0.3 is 14.6 Å². The van der Waals surface area contributed by atoms with Crippen molar-refractivity contribution in [2.24, 2.45) is 0 Å². The number of carbonyl (C=O) groups excluding carboxylic acids is 3. The molecule has 0 aromatic carbocycles.